The molecule has 2 aromatic rings. The summed E-state index contributed by atoms with van der Waals surface area (Å²) < 4.78 is 13.2. The number of carbonyl (C=O) groups is 1. The molecule has 92 valence electrons. The molecular formula is C13H9BrFNO2. The van der Waals surface area contributed by atoms with Crippen LogP contribution in [-0.2, 0) is 0 Å². The van der Waals surface area contributed by atoms with Gasteiger partial charge in [-0.15, -0.1) is 0 Å². The SMILES string of the molecule is O=C(Nc1ccccc1O)c1ccc(F)c(Br)c1. The largest absolute Gasteiger partial charge is 0.506 e. The summed E-state index contributed by atoms with van der Waals surface area (Å²) in [4.78, 5) is 11.9. The monoisotopic (exact) mass is 309 g/mol. The van der Waals surface area contributed by atoms with Crippen LogP contribution in [0.25, 0.3) is 0 Å². The van der Waals surface area contributed by atoms with Crippen LogP contribution in [0.5, 0.6) is 5.75 Å². The van der Waals surface area contributed by atoms with Gasteiger partial charge in [0.1, 0.15) is 11.6 Å². The summed E-state index contributed by atoms with van der Waals surface area (Å²) in [6, 6.07) is 10.3. The second-order valence-electron chi connectivity index (χ2n) is 3.60. The number of benzene rings is 2. The van der Waals surface area contributed by atoms with Crippen LogP contribution in [0.4, 0.5) is 10.1 Å². The molecule has 0 aliphatic rings. The van der Waals surface area contributed by atoms with Crippen molar-refractivity contribution in [2.24, 2.45) is 0 Å². The molecule has 0 fully saturated rings. The van der Waals surface area contributed by atoms with E-state index in [1.807, 2.05) is 0 Å². The second-order valence-corrected chi connectivity index (χ2v) is 4.45. The molecule has 5 heteroatoms. The number of phenols is 1. The standard InChI is InChI=1S/C13H9BrFNO2/c14-9-7-8(5-6-10(9)15)13(18)16-11-3-1-2-4-12(11)17/h1-7,17H,(H,16,18). The molecule has 0 spiro atoms. The van der Waals surface area contributed by atoms with Crippen LogP contribution in [0.2, 0.25) is 0 Å². The predicted octanol–water partition coefficient (Wildman–Crippen LogP) is 3.55. The molecule has 0 aliphatic heterocycles. The topological polar surface area (TPSA) is 49.3 Å². The van der Waals surface area contributed by atoms with E-state index in [1.54, 1.807) is 18.2 Å². The number of rotatable bonds is 2. The summed E-state index contributed by atoms with van der Waals surface area (Å²) in [6.45, 7) is 0. The highest BCUT2D eigenvalue weighted by atomic mass is 79.9. The zero-order chi connectivity index (χ0) is 13.1. The quantitative estimate of drug-likeness (QED) is 0.834. The summed E-state index contributed by atoms with van der Waals surface area (Å²) in [5.41, 5.74) is 0.606. The van der Waals surface area contributed by atoms with Crippen molar-refractivity contribution >= 4 is 27.5 Å². The van der Waals surface area contributed by atoms with E-state index in [9.17, 15) is 14.3 Å². The minimum Gasteiger partial charge on any atom is -0.506 e. The van der Waals surface area contributed by atoms with Crippen molar-refractivity contribution in [1.29, 1.82) is 0 Å². The van der Waals surface area contributed by atoms with Crippen LogP contribution in [0.15, 0.2) is 46.9 Å². The average Bonchev–Trinajstić information content (AvgIpc) is 2.35. The normalized spacial score (nSPS) is 10.1. The van der Waals surface area contributed by atoms with Crippen LogP contribution in [0, 0.1) is 5.82 Å². The Kier molecular flexibility index (Phi) is 3.62. The molecule has 0 bridgehead atoms. The Hall–Kier alpha value is -1.88. The van der Waals surface area contributed by atoms with E-state index in [0.717, 1.165) is 0 Å². The molecule has 1 amide bonds. The lowest BCUT2D eigenvalue weighted by Crippen LogP contribution is -2.12. The summed E-state index contributed by atoms with van der Waals surface area (Å²) >= 11 is 3.01. The van der Waals surface area contributed by atoms with E-state index in [0.29, 0.717) is 11.3 Å². The molecule has 3 nitrogen and oxygen atoms in total. The second kappa shape index (κ2) is 5.18. The highest BCUT2D eigenvalue weighted by molar-refractivity contribution is 9.10. The molecule has 0 saturated carbocycles. The first-order chi connectivity index (χ1) is 8.58. The summed E-state index contributed by atoms with van der Waals surface area (Å²) in [5, 5.41) is 12.1. The lowest BCUT2D eigenvalue weighted by molar-refractivity contribution is 0.102. The molecule has 0 aliphatic carbocycles. The average molecular weight is 310 g/mol. The lowest BCUT2D eigenvalue weighted by Gasteiger charge is -2.07. The molecule has 2 aromatic carbocycles. The summed E-state index contributed by atoms with van der Waals surface area (Å²) in [5.74, 6) is -0.877. The van der Waals surface area contributed by atoms with Crippen LogP contribution in [-0.4, -0.2) is 11.0 Å². The first kappa shape index (κ1) is 12.6. The van der Waals surface area contributed by atoms with E-state index in [4.69, 9.17) is 0 Å². The van der Waals surface area contributed by atoms with Gasteiger partial charge in [0.05, 0.1) is 10.2 Å². The van der Waals surface area contributed by atoms with Crippen LogP contribution < -0.4 is 5.32 Å². The van der Waals surface area contributed by atoms with E-state index >= 15 is 0 Å². The van der Waals surface area contributed by atoms with Crippen molar-refractivity contribution in [1.82, 2.24) is 0 Å². The Balaban J connectivity index is 2.22. The number of anilines is 1. The molecule has 2 rings (SSSR count). The fourth-order valence-electron chi connectivity index (χ4n) is 1.41. The number of aromatic hydroxyl groups is 1. The van der Waals surface area contributed by atoms with Gasteiger partial charge in [-0.05, 0) is 46.3 Å². The Morgan fingerprint density at radius 1 is 1.22 bits per heavy atom. The van der Waals surface area contributed by atoms with Gasteiger partial charge in [0.2, 0.25) is 0 Å². The number of hydrogen-bond acceptors (Lipinski definition) is 2. The van der Waals surface area contributed by atoms with Gasteiger partial charge < -0.3 is 10.4 Å². The maximum absolute atomic E-state index is 13.0. The number of para-hydroxylation sites is 2. The number of amides is 1. The molecule has 0 radical (unpaired) electrons. The maximum Gasteiger partial charge on any atom is 0.255 e. The molecule has 2 N–H and O–H groups in total. The molecule has 0 heterocycles. The van der Waals surface area contributed by atoms with Crippen molar-refractivity contribution in [3.8, 4) is 5.75 Å². The summed E-state index contributed by atoms with van der Waals surface area (Å²) in [6.07, 6.45) is 0. The molecule has 0 atom stereocenters. The smallest absolute Gasteiger partial charge is 0.255 e. The van der Waals surface area contributed by atoms with Crippen molar-refractivity contribution in [3.63, 3.8) is 0 Å². The number of hydrogen-bond donors (Lipinski definition) is 2. The van der Waals surface area contributed by atoms with Gasteiger partial charge in [0.25, 0.3) is 5.91 Å². The van der Waals surface area contributed by atoms with Crippen molar-refractivity contribution < 1.29 is 14.3 Å². The zero-order valence-corrected chi connectivity index (χ0v) is 10.7. The number of nitrogens with one attached hydrogen (secondary N) is 1. The van der Waals surface area contributed by atoms with Crippen LogP contribution >= 0.6 is 15.9 Å². The Morgan fingerprint density at radius 2 is 1.94 bits per heavy atom. The van der Waals surface area contributed by atoms with Gasteiger partial charge in [0, 0.05) is 5.56 Å². The van der Waals surface area contributed by atoms with Crippen molar-refractivity contribution in [2.45, 2.75) is 0 Å². The third-order valence-electron chi connectivity index (χ3n) is 2.33. The highest BCUT2D eigenvalue weighted by Crippen LogP contribution is 2.23. The minimum absolute atomic E-state index is 0.0213. The van der Waals surface area contributed by atoms with Gasteiger partial charge >= 0.3 is 0 Å². The van der Waals surface area contributed by atoms with Crippen LogP contribution in [0.3, 0.4) is 0 Å². The molecule has 0 unspecified atom stereocenters. The van der Waals surface area contributed by atoms with Gasteiger partial charge in [-0.2, -0.15) is 0 Å². The molecular weight excluding hydrogens is 301 g/mol. The maximum atomic E-state index is 13.0. The first-order valence-corrected chi connectivity index (χ1v) is 5.91. The van der Waals surface area contributed by atoms with Crippen molar-refractivity contribution in [3.05, 3.63) is 58.3 Å². The molecule has 18 heavy (non-hydrogen) atoms. The number of halogens is 2. The van der Waals surface area contributed by atoms with E-state index in [-0.39, 0.29) is 10.2 Å². The number of phenolic OH excluding ortho intramolecular Hbond substituents is 1. The van der Waals surface area contributed by atoms with E-state index in [2.05, 4.69) is 21.2 Å². The van der Waals surface area contributed by atoms with Gasteiger partial charge in [-0.1, -0.05) is 12.1 Å². The highest BCUT2D eigenvalue weighted by Gasteiger charge is 2.10. The Labute approximate surface area is 111 Å². The van der Waals surface area contributed by atoms with E-state index < -0.39 is 11.7 Å². The number of carbonyl (C=O) groups excluding carboxylic acids is 1. The molecule has 0 saturated heterocycles. The molecule has 0 aromatic heterocycles. The third-order valence-corrected chi connectivity index (χ3v) is 2.94. The third kappa shape index (κ3) is 2.68. The Morgan fingerprint density at radius 3 is 2.61 bits per heavy atom. The minimum atomic E-state index is -0.436. The summed E-state index contributed by atoms with van der Waals surface area (Å²) in [7, 11) is 0. The lowest BCUT2D eigenvalue weighted by atomic mass is 10.2. The van der Waals surface area contributed by atoms with Gasteiger partial charge in [-0.25, -0.2) is 4.39 Å². The first-order valence-electron chi connectivity index (χ1n) is 5.12. The Bertz CT molecular complexity index is 601. The fraction of sp³-hybridized carbons (Fsp3) is 0. The zero-order valence-electron chi connectivity index (χ0n) is 9.15. The van der Waals surface area contributed by atoms with Crippen LogP contribution in [0.1, 0.15) is 10.4 Å². The van der Waals surface area contributed by atoms with E-state index in [1.165, 1.54) is 24.3 Å². The fourth-order valence-corrected chi connectivity index (χ4v) is 1.79. The van der Waals surface area contributed by atoms with Crippen molar-refractivity contribution in [2.75, 3.05) is 5.32 Å². The predicted molar refractivity (Wildman–Crippen MR) is 70.2 cm³/mol. The van der Waals surface area contributed by atoms with Gasteiger partial charge in [0.15, 0.2) is 0 Å². The van der Waals surface area contributed by atoms with Gasteiger partial charge in [-0.3, -0.25) is 4.79 Å².